The molecule has 92 valence electrons. The summed E-state index contributed by atoms with van der Waals surface area (Å²) >= 11 is 0. The fourth-order valence-corrected chi connectivity index (χ4v) is 2.65. The molecule has 1 heterocycles. The highest BCUT2D eigenvalue weighted by molar-refractivity contribution is 5.78. The van der Waals surface area contributed by atoms with Gasteiger partial charge in [0.1, 0.15) is 0 Å². The summed E-state index contributed by atoms with van der Waals surface area (Å²) in [5.74, 6) is 0.144. The number of hydrogen-bond acceptors (Lipinski definition) is 3. The van der Waals surface area contributed by atoms with E-state index in [-0.39, 0.29) is 12.0 Å². The number of aliphatic hydroxyl groups excluding tert-OH is 1. The van der Waals surface area contributed by atoms with Gasteiger partial charge in [-0.3, -0.25) is 4.79 Å². The number of likely N-dealkylation sites (tertiary alicyclic amines) is 1. The van der Waals surface area contributed by atoms with E-state index in [9.17, 15) is 9.90 Å². The Balaban J connectivity index is 1.70. The Labute approximate surface area is 97.0 Å². The molecule has 1 saturated heterocycles. The highest BCUT2D eigenvalue weighted by Gasteiger charge is 2.23. The van der Waals surface area contributed by atoms with Gasteiger partial charge in [-0.15, -0.1) is 0 Å². The van der Waals surface area contributed by atoms with Crippen LogP contribution in [0.25, 0.3) is 0 Å². The lowest BCUT2D eigenvalue weighted by atomic mass is 10.1. The number of nitrogens with one attached hydrogen (secondary N) is 1. The second kappa shape index (κ2) is 5.64. The van der Waals surface area contributed by atoms with Gasteiger partial charge in [0, 0.05) is 19.1 Å². The van der Waals surface area contributed by atoms with Crippen molar-refractivity contribution in [2.45, 2.75) is 50.7 Å². The van der Waals surface area contributed by atoms with Gasteiger partial charge in [0.25, 0.3) is 0 Å². The largest absolute Gasteiger partial charge is 0.391 e. The van der Waals surface area contributed by atoms with Crippen molar-refractivity contribution in [2.75, 3.05) is 19.6 Å². The minimum atomic E-state index is -0.316. The molecule has 4 nitrogen and oxygen atoms in total. The maximum absolute atomic E-state index is 11.9. The molecule has 2 rings (SSSR count). The van der Waals surface area contributed by atoms with Crippen LogP contribution in [0.4, 0.5) is 0 Å². The molecule has 0 aromatic heterocycles. The van der Waals surface area contributed by atoms with E-state index in [1.165, 1.54) is 25.7 Å². The summed E-state index contributed by atoms with van der Waals surface area (Å²) in [7, 11) is 0. The lowest BCUT2D eigenvalue weighted by Gasteiger charge is -2.30. The Morgan fingerprint density at radius 3 is 2.69 bits per heavy atom. The van der Waals surface area contributed by atoms with Crippen LogP contribution >= 0.6 is 0 Å². The number of hydrogen-bond donors (Lipinski definition) is 2. The number of amides is 1. The van der Waals surface area contributed by atoms with Gasteiger partial charge >= 0.3 is 0 Å². The summed E-state index contributed by atoms with van der Waals surface area (Å²) < 4.78 is 0. The Kier molecular flexibility index (Phi) is 4.18. The minimum Gasteiger partial charge on any atom is -0.391 e. The zero-order chi connectivity index (χ0) is 11.4. The molecule has 2 aliphatic rings. The van der Waals surface area contributed by atoms with E-state index in [1.807, 2.05) is 0 Å². The third kappa shape index (κ3) is 3.19. The number of nitrogens with zero attached hydrogens (tertiary/aromatic N) is 1. The molecule has 0 bridgehead atoms. The van der Waals surface area contributed by atoms with E-state index in [2.05, 4.69) is 5.32 Å². The molecule has 1 amide bonds. The van der Waals surface area contributed by atoms with Crippen molar-refractivity contribution in [3.8, 4) is 0 Å². The van der Waals surface area contributed by atoms with Gasteiger partial charge in [0.2, 0.25) is 5.91 Å². The van der Waals surface area contributed by atoms with Gasteiger partial charge < -0.3 is 15.3 Å². The molecule has 1 atom stereocenters. The molecule has 1 unspecified atom stereocenters. The summed E-state index contributed by atoms with van der Waals surface area (Å²) in [6, 6.07) is 0.540. The van der Waals surface area contributed by atoms with Crippen molar-refractivity contribution in [3.05, 3.63) is 0 Å². The normalized spacial score (nSPS) is 27.3. The van der Waals surface area contributed by atoms with E-state index in [4.69, 9.17) is 0 Å². The second-order valence-corrected chi connectivity index (χ2v) is 5.00. The van der Waals surface area contributed by atoms with Gasteiger partial charge in [-0.25, -0.2) is 0 Å². The van der Waals surface area contributed by atoms with E-state index in [1.54, 1.807) is 4.90 Å². The number of rotatable bonds is 3. The zero-order valence-electron chi connectivity index (χ0n) is 9.82. The van der Waals surface area contributed by atoms with Gasteiger partial charge in [-0.1, -0.05) is 12.8 Å². The number of carbonyl (C=O) groups excluding carboxylic acids is 1. The first-order valence-corrected chi connectivity index (χ1v) is 6.45. The molecule has 0 spiro atoms. The standard InChI is InChI=1S/C12H22N2O2/c15-11-6-3-7-14(9-11)12(16)8-13-10-4-1-2-5-10/h10-11,13,15H,1-9H2. The van der Waals surface area contributed by atoms with E-state index < -0.39 is 0 Å². The summed E-state index contributed by atoms with van der Waals surface area (Å²) in [6.45, 7) is 1.77. The molecule has 1 aliphatic heterocycles. The molecule has 0 radical (unpaired) electrons. The third-order valence-electron chi connectivity index (χ3n) is 3.65. The highest BCUT2D eigenvalue weighted by Crippen LogP contribution is 2.17. The Morgan fingerprint density at radius 1 is 1.25 bits per heavy atom. The first-order chi connectivity index (χ1) is 7.75. The monoisotopic (exact) mass is 226 g/mol. The molecule has 0 aromatic rings. The smallest absolute Gasteiger partial charge is 0.236 e. The van der Waals surface area contributed by atoms with Crippen LogP contribution in [0.2, 0.25) is 0 Å². The molecule has 16 heavy (non-hydrogen) atoms. The van der Waals surface area contributed by atoms with Crippen molar-refractivity contribution in [3.63, 3.8) is 0 Å². The predicted octanol–water partition coefficient (Wildman–Crippen LogP) is 0.502. The number of β-amino-alcohol motifs (C(OH)–C–C–N with tert-alkyl or cyclic N) is 1. The zero-order valence-corrected chi connectivity index (χ0v) is 9.82. The number of carbonyl (C=O) groups is 1. The van der Waals surface area contributed by atoms with Crippen LogP contribution < -0.4 is 5.32 Å². The molecule has 4 heteroatoms. The Morgan fingerprint density at radius 2 is 2.00 bits per heavy atom. The fraction of sp³-hybridized carbons (Fsp3) is 0.917. The summed E-state index contributed by atoms with van der Waals surface area (Å²) in [6.07, 6.45) is 6.43. The lowest BCUT2D eigenvalue weighted by molar-refractivity contribution is -0.133. The van der Waals surface area contributed by atoms with Crippen molar-refractivity contribution in [1.29, 1.82) is 0 Å². The van der Waals surface area contributed by atoms with E-state index >= 15 is 0 Å². The average Bonchev–Trinajstić information content (AvgIpc) is 2.78. The quantitative estimate of drug-likeness (QED) is 0.737. The molecule has 2 N–H and O–H groups in total. The van der Waals surface area contributed by atoms with Gasteiger partial charge in [-0.2, -0.15) is 0 Å². The van der Waals surface area contributed by atoms with Gasteiger partial charge in [0.15, 0.2) is 0 Å². The third-order valence-corrected chi connectivity index (χ3v) is 3.65. The summed E-state index contributed by atoms with van der Waals surface area (Å²) in [4.78, 5) is 13.6. The Bertz CT molecular complexity index is 239. The average molecular weight is 226 g/mol. The fourth-order valence-electron chi connectivity index (χ4n) is 2.65. The molecular weight excluding hydrogens is 204 g/mol. The molecule has 0 aromatic carbocycles. The van der Waals surface area contributed by atoms with Crippen molar-refractivity contribution in [2.24, 2.45) is 0 Å². The van der Waals surface area contributed by atoms with Crippen LogP contribution in [0.1, 0.15) is 38.5 Å². The van der Waals surface area contributed by atoms with E-state index in [0.717, 1.165) is 19.4 Å². The van der Waals surface area contributed by atoms with E-state index in [0.29, 0.717) is 19.1 Å². The SMILES string of the molecule is O=C(CNC1CCCC1)N1CCCC(O)C1. The van der Waals surface area contributed by atoms with Crippen LogP contribution in [-0.4, -0.2) is 47.7 Å². The Hall–Kier alpha value is -0.610. The van der Waals surface area contributed by atoms with Crippen LogP contribution in [0, 0.1) is 0 Å². The molecular formula is C12H22N2O2. The number of aliphatic hydroxyl groups is 1. The maximum atomic E-state index is 11.9. The summed E-state index contributed by atoms with van der Waals surface area (Å²) in [5, 5.41) is 12.8. The van der Waals surface area contributed by atoms with Gasteiger partial charge in [-0.05, 0) is 25.7 Å². The predicted molar refractivity (Wildman–Crippen MR) is 62.1 cm³/mol. The van der Waals surface area contributed by atoms with Crippen molar-refractivity contribution in [1.82, 2.24) is 10.2 Å². The van der Waals surface area contributed by atoms with Crippen molar-refractivity contribution >= 4 is 5.91 Å². The van der Waals surface area contributed by atoms with Crippen LogP contribution in [0.3, 0.4) is 0 Å². The highest BCUT2D eigenvalue weighted by atomic mass is 16.3. The number of piperidine rings is 1. The minimum absolute atomic E-state index is 0.144. The van der Waals surface area contributed by atoms with Crippen molar-refractivity contribution < 1.29 is 9.90 Å². The first kappa shape index (κ1) is 11.9. The maximum Gasteiger partial charge on any atom is 0.236 e. The second-order valence-electron chi connectivity index (χ2n) is 5.00. The topological polar surface area (TPSA) is 52.6 Å². The van der Waals surface area contributed by atoms with Gasteiger partial charge in [0.05, 0.1) is 12.6 Å². The molecule has 1 saturated carbocycles. The lowest BCUT2D eigenvalue weighted by Crippen LogP contribution is -2.46. The summed E-state index contributed by atoms with van der Waals surface area (Å²) in [5.41, 5.74) is 0. The van der Waals surface area contributed by atoms with Crippen LogP contribution in [0.15, 0.2) is 0 Å². The van der Waals surface area contributed by atoms with Crippen LogP contribution in [-0.2, 0) is 4.79 Å². The first-order valence-electron chi connectivity index (χ1n) is 6.45. The molecule has 2 fully saturated rings. The van der Waals surface area contributed by atoms with Crippen LogP contribution in [0.5, 0.6) is 0 Å². The molecule has 1 aliphatic carbocycles.